The number of piperazine rings is 1. The quantitative estimate of drug-likeness (QED) is 0.925. The minimum atomic E-state index is -4.34. The van der Waals surface area contributed by atoms with Gasteiger partial charge in [0.05, 0.1) is 0 Å². The molecule has 2 amide bonds. The highest BCUT2D eigenvalue weighted by atomic mass is 19.4. The lowest BCUT2D eigenvalue weighted by molar-refractivity contribution is -0.196. The van der Waals surface area contributed by atoms with Crippen molar-refractivity contribution in [3.8, 4) is 0 Å². The molecule has 0 aliphatic carbocycles. The summed E-state index contributed by atoms with van der Waals surface area (Å²) in [5, 5.41) is 2.71. The number of benzene rings is 1. The molecule has 7 heteroatoms. The van der Waals surface area contributed by atoms with Crippen molar-refractivity contribution in [1.29, 1.82) is 0 Å². The maximum absolute atomic E-state index is 13.1. The number of halogens is 3. The van der Waals surface area contributed by atoms with Gasteiger partial charge in [-0.2, -0.15) is 13.2 Å². The van der Waals surface area contributed by atoms with Gasteiger partial charge in [-0.3, -0.25) is 4.90 Å². The van der Waals surface area contributed by atoms with Crippen LogP contribution in [0, 0.1) is 0 Å². The Labute approximate surface area is 134 Å². The van der Waals surface area contributed by atoms with Gasteiger partial charge in [0.2, 0.25) is 0 Å². The molecule has 1 aromatic carbocycles. The molecule has 2 unspecified atom stereocenters. The van der Waals surface area contributed by atoms with Crippen molar-refractivity contribution in [3.63, 3.8) is 0 Å². The Morgan fingerprint density at radius 2 is 1.91 bits per heavy atom. The first-order chi connectivity index (χ1) is 10.8. The predicted octanol–water partition coefficient (Wildman–Crippen LogP) is 2.51. The predicted molar refractivity (Wildman–Crippen MR) is 82.2 cm³/mol. The Kier molecular flexibility index (Phi) is 5.51. The molecule has 23 heavy (non-hydrogen) atoms. The van der Waals surface area contributed by atoms with Crippen LogP contribution in [0.15, 0.2) is 30.3 Å². The second-order valence-electron chi connectivity index (χ2n) is 5.94. The largest absolute Gasteiger partial charge is 0.405 e. The summed E-state index contributed by atoms with van der Waals surface area (Å²) in [5.74, 6) is 0. The van der Waals surface area contributed by atoms with Gasteiger partial charge in [-0.15, -0.1) is 0 Å². The lowest BCUT2D eigenvalue weighted by Crippen LogP contribution is -2.63. The average molecular weight is 329 g/mol. The van der Waals surface area contributed by atoms with Crippen LogP contribution in [0.25, 0.3) is 0 Å². The van der Waals surface area contributed by atoms with Crippen LogP contribution in [0.1, 0.15) is 12.5 Å². The SMILES string of the molecule is CC1CN(C(=O)NCCc2ccccc2)CC(C(F)(F)F)N1C. The van der Waals surface area contributed by atoms with E-state index >= 15 is 0 Å². The number of nitrogens with one attached hydrogen (secondary N) is 1. The summed E-state index contributed by atoms with van der Waals surface area (Å²) in [4.78, 5) is 14.7. The zero-order valence-corrected chi connectivity index (χ0v) is 13.3. The van der Waals surface area contributed by atoms with Crippen molar-refractivity contribution in [1.82, 2.24) is 15.1 Å². The molecule has 1 saturated heterocycles. The molecule has 1 aliphatic heterocycles. The van der Waals surface area contributed by atoms with Crippen molar-refractivity contribution in [2.75, 3.05) is 26.7 Å². The summed E-state index contributed by atoms with van der Waals surface area (Å²) in [6.45, 7) is 2.06. The molecule has 0 radical (unpaired) electrons. The van der Waals surface area contributed by atoms with Gasteiger partial charge >= 0.3 is 12.2 Å². The Morgan fingerprint density at radius 1 is 1.26 bits per heavy atom. The van der Waals surface area contributed by atoms with Crippen LogP contribution in [0.4, 0.5) is 18.0 Å². The van der Waals surface area contributed by atoms with Gasteiger partial charge in [0.15, 0.2) is 0 Å². The number of amides is 2. The number of hydrogen-bond donors (Lipinski definition) is 1. The van der Waals surface area contributed by atoms with Gasteiger partial charge < -0.3 is 10.2 Å². The van der Waals surface area contributed by atoms with E-state index in [4.69, 9.17) is 0 Å². The third kappa shape index (κ3) is 4.60. The molecule has 1 fully saturated rings. The van der Waals surface area contributed by atoms with Gasteiger partial charge in [0.25, 0.3) is 0 Å². The van der Waals surface area contributed by atoms with Crippen LogP contribution < -0.4 is 5.32 Å². The Hall–Kier alpha value is -1.76. The van der Waals surface area contributed by atoms with Crippen LogP contribution >= 0.6 is 0 Å². The first-order valence-electron chi connectivity index (χ1n) is 7.64. The number of urea groups is 1. The molecular formula is C16H22F3N3O. The first-order valence-corrected chi connectivity index (χ1v) is 7.64. The van der Waals surface area contributed by atoms with E-state index in [1.807, 2.05) is 30.3 Å². The summed E-state index contributed by atoms with van der Waals surface area (Å²) in [5.41, 5.74) is 1.08. The topological polar surface area (TPSA) is 35.6 Å². The highest BCUT2D eigenvalue weighted by Crippen LogP contribution is 2.29. The molecule has 0 saturated carbocycles. The normalized spacial score (nSPS) is 22.9. The van der Waals surface area contributed by atoms with E-state index in [-0.39, 0.29) is 12.6 Å². The third-order valence-electron chi connectivity index (χ3n) is 4.26. The highest BCUT2D eigenvalue weighted by molar-refractivity contribution is 5.74. The molecule has 128 valence electrons. The fourth-order valence-corrected chi connectivity index (χ4v) is 2.74. The van der Waals surface area contributed by atoms with E-state index in [9.17, 15) is 18.0 Å². The van der Waals surface area contributed by atoms with E-state index in [1.165, 1.54) is 16.8 Å². The van der Waals surface area contributed by atoms with Gasteiger partial charge in [0, 0.05) is 25.7 Å². The molecule has 1 aliphatic rings. The number of alkyl halides is 3. The van der Waals surface area contributed by atoms with Crippen molar-refractivity contribution in [3.05, 3.63) is 35.9 Å². The van der Waals surface area contributed by atoms with Crippen LogP contribution in [-0.4, -0.2) is 60.8 Å². The molecule has 1 heterocycles. The summed E-state index contributed by atoms with van der Waals surface area (Å²) in [6, 6.07) is 7.23. The molecule has 1 N–H and O–H groups in total. The molecule has 0 spiro atoms. The Bertz CT molecular complexity index is 521. The minimum absolute atomic E-state index is 0.292. The second kappa shape index (κ2) is 7.21. The van der Waals surface area contributed by atoms with Crippen molar-refractivity contribution >= 4 is 6.03 Å². The Balaban J connectivity index is 1.89. The van der Waals surface area contributed by atoms with E-state index < -0.39 is 18.2 Å². The summed E-state index contributed by atoms with van der Waals surface area (Å²) in [6.07, 6.45) is -3.69. The van der Waals surface area contributed by atoms with Crippen LogP contribution in [0.3, 0.4) is 0 Å². The molecule has 0 aromatic heterocycles. The highest BCUT2D eigenvalue weighted by Gasteiger charge is 2.47. The molecule has 4 nitrogen and oxygen atoms in total. The van der Waals surface area contributed by atoms with Gasteiger partial charge in [0.1, 0.15) is 6.04 Å². The van der Waals surface area contributed by atoms with E-state index in [0.717, 1.165) is 5.56 Å². The lowest BCUT2D eigenvalue weighted by Gasteiger charge is -2.44. The summed E-state index contributed by atoms with van der Waals surface area (Å²) < 4.78 is 39.2. The monoisotopic (exact) mass is 329 g/mol. The fourth-order valence-electron chi connectivity index (χ4n) is 2.74. The van der Waals surface area contributed by atoms with Crippen LogP contribution in [-0.2, 0) is 6.42 Å². The average Bonchev–Trinajstić information content (AvgIpc) is 2.49. The molecule has 2 rings (SSSR count). The number of likely N-dealkylation sites (N-methyl/N-ethyl adjacent to an activating group) is 1. The van der Waals surface area contributed by atoms with Crippen LogP contribution in [0.2, 0.25) is 0 Å². The molecule has 1 aromatic rings. The van der Waals surface area contributed by atoms with E-state index in [1.54, 1.807) is 6.92 Å². The molecule has 2 atom stereocenters. The summed E-state index contributed by atoms with van der Waals surface area (Å²) in [7, 11) is 1.45. The number of carbonyl (C=O) groups is 1. The molecular weight excluding hydrogens is 307 g/mol. The van der Waals surface area contributed by atoms with Crippen molar-refractivity contribution < 1.29 is 18.0 Å². The standard InChI is InChI=1S/C16H22F3N3O/c1-12-10-22(11-14(21(12)2)16(17,18)19)15(23)20-9-8-13-6-4-3-5-7-13/h3-7,12,14H,8-11H2,1-2H3,(H,20,23). The third-order valence-corrected chi connectivity index (χ3v) is 4.26. The minimum Gasteiger partial charge on any atom is -0.338 e. The van der Waals surface area contributed by atoms with Crippen molar-refractivity contribution in [2.24, 2.45) is 0 Å². The smallest absolute Gasteiger partial charge is 0.338 e. The zero-order chi connectivity index (χ0) is 17.0. The number of rotatable bonds is 3. The maximum atomic E-state index is 13.1. The fraction of sp³-hybridized carbons (Fsp3) is 0.562. The lowest BCUT2D eigenvalue weighted by atomic mass is 10.1. The number of hydrogen-bond acceptors (Lipinski definition) is 2. The van der Waals surface area contributed by atoms with E-state index in [2.05, 4.69) is 5.32 Å². The zero-order valence-electron chi connectivity index (χ0n) is 13.3. The first kappa shape index (κ1) is 17.6. The van der Waals surface area contributed by atoms with E-state index in [0.29, 0.717) is 19.5 Å². The summed E-state index contributed by atoms with van der Waals surface area (Å²) >= 11 is 0. The van der Waals surface area contributed by atoms with Crippen molar-refractivity contribution in [2.45, 2.75) is 31.6 Å². The van der Waals surface area contributed by atoms with Gasteiger partial charge in [-0.05, 0) is 26.0 Å². The molecule has 0 bridgehead atoms. The maximum Gasteiger partial charge on any atom is 0.405 e. The number of carbonyl (C=O) groups excluding carboxylic acids is 1. The number of nitrogens with zero attached hydrogens (tertiary/aromatic N) is 2. The van der Waals surface area contributed by atoms with Crippen LogP contribution in [0.5, 0.6) is 0 Å². The Morgan fingerprint density at radius 3 is 2.52 bits per heavy atom. The second-order valence-corrected chi connectivity index (χ2v) is 5.94. The van der Waals surface area contributed by atoms with Gasteiger partial charge in [-0.1, -0.05) is 30.3 Å². The van der Waals surface area contributed by atoms with Gasteiger partial charge in [-0.25, -0.2) is 4.79 Å².